The molecule has 1 amide bonds. The van der Waals surface area contributed by atoms with Crippen LogP contribution < -0.4 is 4.74 Å². The lowest BCUT2D eigenvalue weighted by molar-refractivity contribution is -0.134. The molecule has 0 saturated heterocycles. The molecule has 0 saturated carbocycles. The van der Waals surface area contributed by atoms with Gasteiger partial charge in [0.25, 0.3) is 5.91 Å². The molecule has 1 aromatic heterocycles. The Morgan fingerprint density at radius 1 is 1.30 bits per heavy atom. The number of ether oxygens (including phenoxy) is 1. The molecule has 0 radical (unpaired) electrons. The molecular weight excluding hydrogens is 296 g/mol. The van der Waals surface area contributed by atoms with E-state index in [1.54, 1.807) is 36.4 Å². The van der Waals surface area contributed by atoms with Gasteiger partial charge in [-0.3, -0.25) is 9.59 Å². The number of benzene rings is 1. The van der Waals surface area contributed by atoms with Gasteiger partial charge in [0.2, 0.25) is 0 Å². The highest BCUT2D eigenvalue weighted by atomic mass is 16.5. The molecule has 23 heavy (non-hydrogen) atoms. The lowest BCUT2D eigenvalue weighted by Crippen LogP contribution is -2.35. The summed E-state index contributed by atoms with van der Waals surface area (Å²) in [6.45, 7) is 0.345. The Bertz CT molecular complexity index is 689. The van der Waals surface area contributed by atoms with Crippen LogP contribution in [0.1, 0.15) is 22.5 Å². The van der Waals surface area contributed by atoms with Gasteiger partial charge in [-0.1, -0.05) is 12.1 Å². The normalized spacial score (nSPS) is 9.87. The fourth-order valence-electron chi connectivity index (χ4n) is 2.01. The van der Waals surface area contributed by atoms with Gasteiger partial charge in [0.1, 0.15) is 11.5 Å². The monoisotopic (exact) mass is 312 g/mol. The Morgan fingerprint density at radius 2 is 2.13 bits per heavy atom. The fourth-order valence-corrected chi connectivity index (χ4v) is 2.01. The molecule has 0 unspecified atom stereocenters. The molecule has 6 nitrogen and oxygen atoms in total. The van der Waals surface area contributed by atoms with Crippen molar-refractivity contribution in [3.63, 3.8) is 0 Å². The Balaban J connectivity index is 1.99. The molecule has 6 heteroatoms. The van der Waals surface area contributed by atoms with Crippen molar-refractivity contribution in [2.45, 2.75) is 13.0 Å². The van der Waals surface area contributed by atoms with Crippen LogP contribution in [0.5, 0.6) is 5.75 Å². The van der Waals surface area contributed by atoms with Crippen molar-refractivity contribution in [3.8, 4) is 11.8 Å². The number of carbonyl (C=O) groups is 2. The van der Waals surface area contributed by atoms with E-state index in [-0.39, 0.29) is 32.0 Å². The second-order valence-corrected chi connectivity index (χ2v) is 4.75. The molecule has 1 heterocycles. The Labute approximate surface area is 133 Å². The highest BCUT2D eigenvalue weighted by Crippen LogP contribution is 2.16. The van der Waals surface area contributed by atoms with Gasteiger partial charge in [0.15, 0.2) is 12.9 Å². The number of amides is 1. The van der Waals surface area contributed by atoms with Crippen LogP contribution in [0.25, 0.3) is 0 Å². The summed E-state index contributed by atoms with van der Waals surface area (Å²) in [6.07, 6.45) is 2.42. The highest BCUT2D eigenvalue weighted by molar-refractivity contribution is 5.80. The smallest absolute Gasteiger partial charge is 0.260 e. The molecule has 0 N–H and O–H groups in total. The number of carbonyl (C=O) groups excluding carboxylic acids is 2. The summed E-state index contributed by atoms with van der Waals surface area (Å²) < 4.78 is 10.7. The highest BCUT2D eigenvalue weighted by Gasteiger charge is 2.16. The van der Waals surface area contributed by atoms with Crippen LogP contribution in [0.4, 0.5) is 0 Å². The van der Waals surface area contributed by atoms with Gasteiger partial charge < -0.3 is 14.1 Å². The largest absolute Gasteiger partial charge is 0.483 e. The van der Waals surface area contributed by atoms with E-state index < -0.39 is 0 Å². The van der Waals surface area contributed by atoms with Gasteiger partial charge in [-0.15, -0.1) is 0 Å². The third-order valence-electron chi connectivity index (χ3n) is 3.17. The van der Waals surface area contributed by atoms with Crippen LogP contribution in [-0.4, -0.2) is 30.2 Å². The van der Waals surface area contributed by atoms with Crippen molar-refractivity contribution < 1.29 is 18.7 Å². The fraction of sp³-hybridized carbons (Fsp3) is 0.235. The van der Waals surface area contributed by atoms with Gasteiger partial charge in [0, 0.05) is 6.54 Å². The predicted molar refractivity (Wildman–Crippen MR) is 81.7 cm³/mol. The van der Waals surface area contributed by atoms with E-state index in [2.05, 4.69) is 0 Å². The standard InChI is InChI=1S/C17H16N2O4/c18-8-4-9-19(11-15-6-3-10-22-15)17(21)13-23-16-7-2-1-5-14(16)12-20/h1-3,5-7,10,12H,4,9,11,13H2. The SMILES string of the molecule is N#CCCN(Cc1ccco1)C(=O)COc1ccccc1C=O. The maximum absolute atomic E-state index is 12.3. The van der Waals surface area contributed by atoms with E-state index in [9.17, 15) is 9.59 Å². The van der Waals surface area contributed by atoms with Crippen LogP contribution in [0.15, 0.2) is 47.1 Å². The summed E-state index contributed by atoms with van der Waals surface area (Å²) in [5.41, 5.74) is 0.384. The molecule has 0 aliphatic heterocycles. The van der Waals surface area contributed by atoms with Crippen LogP contribution in [0.3, 0.4) is 0 Å². The Morgan fingerprint density at radius 3 is 2.83 bits per heavy atom. The number of hydrogen-bond donors (Lipinski definition) is 0. The van der Waals surface area contributed by atoms with E-state index in [4.69, 9.17) is 14.4 Å². The number of furan rings is 1. The quantitative estimate of drug-likeness (QED) is 0.699. The molecule has 0 aliphatic rings. The van der Waals surface area contributed by atoms with Gasteiger partial charge in [-0.05, 0) is 24.3 Å². The van der Waals surface area contributed by atoms with Crippen molar-refractivity contribution in [2.24, 2.45) is 0 Å². The van der Waals surface area contributed by atoms with Crippen LogP contribution in [0.2, 0.25) is 0 Å². The Kier molecular flexibility index (Phi) is 5.95. The van der Waals surface area contributed by atoms with Crippen LogP contribution in [0, 0.1) is 11.3 Å². The maximum Gasteiger partial charge on any atom is 0.260 e. The maximum atomic E-state index is 12.3. The summed E-state index contributed by atoms with van der Waals surface area (Å²) in [6, 6.07) is 12.2. The predicted octanol–water partition coefficient (Wildman–Crippen LogP) is 2.41. The first-order valence-corrected chi connectivity index (χ1v) is 7.08. The van der Waals surface area contributed by atoms with Gasteiger partial charge >= 0.3 is 0 Å². The molecule has 0 spiro atoms. The average molecular weight is 312 g/mol. The second-order valence-electron chi connectivity index (χ2n) is 4.75. The summed E-state index contributed by atoms with van der Waals surface area (Å²) in [4.78, 5) is 24.7. The number of aldehydes is 1. The summed E-state index contributed by atoms with van der Waals surface area (Å²) >= 11 is 0. The Hall–Kier alpha value is -3.07. The van der Waals surface area contributed by atoms with Gasteiger partial charge in [-0.2, -0.15) is 5.26 Å². The zero-order valence-electron chi connectivity index (χ0n) is 12.5. The minimum atomic E-state index is -0.280. The molecule has 0 aliphatic carbocycles. The van der Waals surface area contributed by atoms with Crippen LogP contribution >= 0.6 is 0 Å². The first-order valence-electron chi connectivity index (χ1n) is 7.08. The minimum absolute atomic E-state index is 0.211. The first-order chi connectivity index (χ1) is 11.2. The molecular formula is C17H16N2O4. The van der Waals surface area contributed by atoms with Crippen molar-refractivity contribution >= 4 is 12.2 Å². The van der Waals surface area contributed by atoms with E-state index in [0.29, 0.717) is 23.4 Å². The molecule has 118 valence electrons. The van der Waals surface area contributed by atoms with Crippen molar-refractivity contribution in [3.05, 3.63) is 54.0 Å². The van der Waals surface area contributed by atoms with E-state index in [1.807, 2.05) is 6.07 Å². The number of nitrogens with zero attached hydrogens (tertiary/aromatic N) is 2. The third kappa shape index (κ3) is 4.71. The van der Waals surface area contributed by atoms with Crippen molar-refractivity contribution in [1.29, 1.82) is 5.26 Å². The van der Waals surface area contributed by atoms with Gasteiger partial charge in [0.05, 0.1) is 30.9 Å². The molecule has 2 rings (SSSR count). The lowest BCUT2D eigenvalue weighted by atomic mass is 10.2. The number of hydrogen-bond acceptors (Lipinski definition) is 5. The first kappa shape index (κ1) is 16.3. The zero-order valence-corrected chi connectivity index (χ0v) is 12.5. The number of rotatable bonds is 8. The van der Waals surface area contributed by atoms with E-state index in [1.165, 1.54) is 11.2 Å². The topological polar surface area (TPSA) is 83.5 Å². The van der Waals surface area contributed by atoms with Gasteiger partial charge in [-0.25, -0.2) is 0 Å². The van der Waals surface area contributed by atoms with E-state index in [0.717, 1.165) is 0 Å². The zero-order chi connectivity index (χ0) is 16.5. The lowest BCUT2D eigenvalue weighted by Gasteiger charge is -2.20. The number of nitriles is 1. The van der Waals surface area contributed by atoms with Crippen molar-refractivity contribution in [1.82, 2.24) is 4.90 Å². The molecule has 1 aromatic carbocycles. The second kappa shape index (κ2) is 8.39. The molecule has 0 bridgehead atoms. The van der Waals surface area contributed by atoms with Crippen molar-refractivity contribution in [2.75, 3.05) is 13.2 Å². The summed E-state index contributed by atoms with van der Waals surface area (Å²) in [5.74, 6) is 0.705. The minimum Gasteiger partial charge on any atom is -0.483 e. The molecule has 0 fully saturated rings. The molecule has 0 atom stereocenters. The van der Waals surface area contributed by atoms with Crippen LogP contribution in [-0.2, 0) is 11.3 Å². The third-order valence-corrected chi connectivity index (χ3v) is 3.17. The summed E-state index contributed by atoms with van der Waals surface area (Å²) in [5, 5.41) is 8.72. The number of para-hydroxylation sites is 1. The average Bonchev–Trinajstić information content (AvgIpc) is 3.09. The summed E-state index contributed by atoms with van der Waals surface area (Å²) in [7, 11) is 0. The molecule has 2 aromatic rings. The van der Waals surface area contributed by atoms with E-state index >= 15 is 0 Å².